The molecule has 1 rings (SSSR count). The van der Waals surface area contributed by atoms with Crippen LogP contribution in [0.4, 0.5) is 0 Å². The van der Waals surface area contributed by atoms with Gasteiger partial charge in [0.25, 0.3) is 0 Å². The molecule has 1 aromatic carbocycles. The molecule has 3 N–H and O–H groups in total. The molecule has 0 radical (unpaired) electrons. The zero-order valence-corrected chi connectivity index (χ0v) is 11.3. The van der Waals surface area contributed by atoms with E-state index in [1.54, 1.807) is 32.4 Å². The Labute approximate surface area is 112 Å². The van der Waals surface area contributed by atoms with Crippen LogP contribution in [0.5, 0.6) is 17.2 Å². The standard InChI is InChI=1S/C13H20N2O4/c1-17-10-7-11(18-2)9-12(8-10)19-6-5-15-13(16)3-4-14/h7-9H,3-6,14H2,1-2H3,(H,15,16). The lowest BCUT2D eigenvalue weighted by Gasteiger charge is -2.10. The summed E-state index contributed by atoms with van der Waals surface area (Å²) in [4.78, 5) is 11.2. The number of rotatable bonds is 8. The van der Waals surface area contributed by atoms with Gasteiger partial charge in [0, 0.05) is 31.2 Å². The number of nitrogens with one attached hydrogen (secondary N) is 1. The number of benzene rings is 1. The third kappa shape index (κ3) is 5.48. The summed E-state index contributed by atoms with van der Waals surface area (Å²) in [5.41, 5.74) is 5.27. The van der Waals surface area contributed by atoms with E-state index in [-0.39, 0.29) is 5.91 Å². The van der Waals surface area contributed by atoms with E-state index in [2.05, 4.69) is 5.32 Å². The Kier molecular flexibility index (Phi) is 6.52. The maximum atomic E-state index is 11.2. The molecule has 0 aliphatic heterocycles. The van der Waals surface area contributed by atoms with Gasteiger partial charge in [-0.15, -0.1) is 0 Å². The van der Waals surface area contributed by atoms with Gasteiger partial charge in [-0.1, -0.05) is 0 Å². The quantitative estimate of drug-likeness (QED) is 0.673. The van der Waals surface area contributed by atoms with E-state index in [4.69, 9.17) is 19.9 Å². The Morgan fingerprint density at radius 2 is 1.74 bits per heavy atom. The van der Waals surface area contributed by atoms with Gasteiger partial charge in [0.1, 0.15) is 23.9 Å². The van der Waals surface area contributed by atoms with Crippen LogP contribution in [0.3, 0.4) is 0 Å². The Morgan fingerprint density at radius 3 is 2.26 bits per heavy atom. The average Bonchev–Trinajstić information content (AvgIpc) is 2.43. The number of carbonyl (C=O) groups excluding carboxylic acids is 1. The number of carbonyl (C=O) groups is 1. The Hall–Kier alpha value is -1.95. The lowest BCUT2D eigenvalue weighted by molar-refractivity contribution is -0.120. The van der Waals surface area contributed by atoms with Crippen molar-refractivity contribution >= 4 is 5.91 Å². The first-order valence-electron chi connectivity index (χ1n) is 6.02. The number of methoxy groups -OCH3 is 2. The normalized spacial score (nSPS) is 9.84. The summed E-state index contributed by atoms with van der Waals surface area (Å²) in [6.07, 6.45) is 0.326. The van der Waals surface area contributed by atoms with Crippen LogP contribution in [0.1, 0.15) is 6.42 Å². The monoisotopic (exact) mass is 268 g/mol. The van der Waals surface area contributed by atoms with Gasteiger partial charge >= 0.3 is 0 Å². The molecule has 1 amide bonds. The summed E-state index contributed by atoms with van der Waals surface area (Å²) < 4.78 is 15.8. The van der Waals surface area contributed by atoms with Crippen LogP contribution in [0, 0.1) is 0 Å². The smallest absolute Gasteiger partial charge is 0.221 e. The molecule has 0 aliphatic rings. The second kappa shape index (κ2) is 8.20. The number of hydrogen-bond acceptors (Lipinski definition) is 5. The SMILES string of the molecule is COc1cc(OC)cc(OCCNC(=O)CCN)c1. The fourth-order valence-electron chi connectivity index (χ4n) is 1.44. The second-order valence-corrected chi connectivity index (χ2v) is 3.79. The molecule has 6 heteroatoms. The van der Waals surface area contributed by atoms with Crippen molar-refractivity contribution < 1.29 is 19.0 Å². The first kappa shape index (κ1) is 15.1. The lowest BCUT2D eigenvalue weighted by Crippen LogP contribution is -2.29. The number of hydrogen-bond donors (Lipinski definition) is 2. The largest absolute Gasteiger partial charge is 0.496 e. The topological polar surface area (TPSA) is 82.8 Å². The maximum absolute atomic E-state index is 11.2. The zero-order chi connectivity index (χ0) is 14.1. The summed E-state index contributed by atoms with van der Waals surface area (Å²) in [5, 5.41) is 2.70. The highest BCUT2D eigenvalue weighted by molar-refractivity contribution is 5.75. The minimum absolute atomic E-state index is 0.0747. The molecule has 0 aromatic heterocycles. The molecule has 1 aromatic rings. The van der Waals surface area contributed by atoms with Gasteiger partial charge in [-0.2, -0.15) is 0 Å². The molecule has 0 saturated carbocycles. The maximum Gasteiger partial charge on any atom is 0.221 e. The average molecular weight is 268 g/mol. The van der Waals surface area contributed by atoms with Crippen LogP contribution in [0.15, 0.2) is 18.2 Å². The third-order valence-electron chi connectivity index (χ3n) is 2.39. The van der Waals surface area contributed by atoms with Crippen LogP contribution >= 0.6 is 0 Å². The van der Waals surface area contributed by atoms with E-state index < -0.39 is 0 Å². The lowest BCUT2D eigenvalue weighted by atomic mass is 10.3. The molecule has 0 fully saturated rings. The molecule has 0 spiro atoms. The fraction of sp³-hybridized carbons (Fsp3) is 0.462. The van der Waals surface area contributed by atoms with E-state index in [1.165, 1.54) is 0 Å². The first-order chi connectivity index (χ1) is 9.19. The van der Waals surface area contributed by atoms with Crippen LogP contribution in [-0.4, -0.2) is 39.8 Å². The van der Waals surface area contributed by atoms with Crippen molar-refractivity contribution in [3.8, 4) is 17.2 Å². The van der Waals surface area contributed by atoms with Gasteiger partial charge in [0.2, 0.25) is 5.91 Å². The second-order valence-electron chi connectivity index (χ2n) is 3.79. The van der Waals surface area contributed by atoms with Gasteiger partial charge in [0.05, 0.1) is 20.8 Å². The Balaban J connectivity index is 2.42. The van der Waals surface area contributed by atoms with Crippen molar-refractivity contribution in [1.82, 2.24) is 5.32 Å². The van der Waals surface area contributed by atoms with Crippen LogP contribution in [0.2, 0.25) is 0 Å². The van der Waals surface area contributed by atoms with Gasteiger partial charge in [0.15, 0.2) is 0 Å². The summed E-state index contributed by atoms with van der Waals surface area (Å²) in [6.45, 7) is 1.14. The number of nitrogens with two attached hydrogens (primary N) is 1. The highest BCUT2D eigenvalue weighted by Crippen LogP contribution is 2.27. The van der Waals surface area contributed by atoms with Crippen molar-refractivity contribution in [2.24, 2.45) is 5.73 Å². The summed E-state index contributed by atoms with van der Waals surface area (Å²) >= 11 is 0. The van der Waals surface area contributed by atoms with Crippen molar-refractivity contribution in [1.29, 1.82) is 0 Å². The summed E-state index contributed by atoms with van der Waals surface area (Å²) in [7, 11) is 3.15. The molecule has 0 heterocycles. The zero-order valence-electron chi connectivity index (χ0n) is 11.3. The van der Waals surface area contributed by atoms with E-state index in [9.17, 15) is 4.79 Å². The molecule has 0 unspecified atom stereocenters. The van der Waals surface area contributed by atoms with Gasteiger partial charge in [-0.25, -0.2) is 0 Å². The van der Waals surface area contributed by atoms with E-state index in [0.29, 0.717) is 43.4 Å². The van der Waals surface area contributed by atoms with Crippen LogP contribution in [-0.2, 0) is 4.79 Å². The van der Waals surface area contributed by atoms with Crippen molar-refractivity contribution in [2.45, 2.75) is 6.42 Å². The van der Waals surface area contributed by atoms with E-state index >= 15 is 0 Å². The van der Waals surface area contributed by atoms with Crippen LogP contribution < -0.4 is 25.3 Å². The molecular weight excluding hydrogens is 248 g/mol. The highest BCUT2D eigenvalue weighted by Gasteiger charge is 2.03. The minimum atomic E-state index is -0.0747. The van der Waals surface area contributed by atoms with Gasteiger partial charge in [-0.3, -0.25) is 4.79 Å². The minimum Gasteiger partial charge on any atom is -0.496 e. The number of ether oxygens (including phenoxy) is 3. The molecule has 6 nitrogen and oxygen atoms in total. The van der Waals surface area contributed by atoms with Crippen molar-refractivity contribution in [2.75, 3.05) is 33.9 Å². The predicted molar refractivity (Wildman–Crippen MR) is 71.7 cm³/mol. The van der Waals surface area contributed by atoms with Crippen molar-refractivity contribution in [3.05, 3.63) is 18.2 Å². The molecule has 0 aliphatic carbocycles. The highest BCUT2D eigenvalue weighted by atomic mass is 16.5. The molecule has 0 atom stereocenters. The third-order valence-corrected chi connectivity index (χ3v) is 2.39. The molecular formula is C13H20N2O4. The van der Waals surface area contributed by atoms with E-state index in [1.807, 2.05) is 0 Å². The summed E-state index contributed by atoms with van der Waals surface area (Å²) in [5.74, 6) is 1.86. The first-order valence-corrected chi connectivity index (χ1v) is 6.02. The Morgan fingerprint density at radius 1 is 1.16 bits per heavy atom. The summed E-state index contributed by atoms with van der Waals surface area (Å²) in [6, 6.07) is 5.27. The number of amides is 1. The molecule has 106 valence electrons. The van der Waals surface area contributed by atoms with E-state index in [0.717, 1.165) is 0 Å². The fourth-order valence-corrected chi connectivity index (χ4v) is 1.44. The molecule has 19 heavy (non-hydrogen) atoms. The molecule has 0 saturated heterocycles. The predicted octanol–water partition coefficient (Wildman–Crippen LogP) is 0.548. The van der Waals surface area contributed by atoms with Crippen LogP contribution in [0.25, 0.3) is 0 Å². The van der Waals surface area contributed by atoms with Gasteiger partial charge in [-0.05, 0) is 0 Å². The Bertz CT molecular complexity index is 387. The van der Waals surface area contributed by atoms with Gasteiger partial charge < -0.3 is 25.3 Å². The van der Waals surface area contributed by atoms with Crippen molar-refractivity contribution in [3.63, 3.8) is 0 Å². The molecule has 0 bridgehead atoms.